The average Bonchev–Trinajstić information content (AvgIpc) is 2.84. The Morgan fingerprint density at radius 2 is 1.00 bits per heavy atom. The molecule has 4 aromatic carbocycles. The van der Waals surface area contributed by atoms with E-state index in [1.165, 1.54) is 0 Å². The fraction of sp³-hybridized carbons (Fsp3) is 0.154. The van der Waals surface area contributed by atoms with Crippen molar-refractivity contribution in [3.05, 3.63) is 96.1 Å². The lowest BCUT2D eigenvalue weighted by molar-refractivity contribution is -0.0210. The van der Waals surface area contributed by atoms with Crippen LogP contribution in [0.1, 0.15) is 20.7 Å². The van der Waals surface area contributed by atoms with Crippen LogP contribution >= 0.6 is 21.6 Å². The first-order valence-corrected chi connectivity index (χ1v) is 12.8. The summed E-state index contributed by atoms with van der Waals surface area (Å²) in [4.78, 5) is 26.0. The summed E-state index contributed by atoms with van der Waals surface area (Å²) in [7, 11) is 3.24. The third-order valence-corrected chi connectivity index (χ3v) is 7.91. The minimum atomic E-state index is -0.508. The van der Waals surface area contributed by atoms with Crippen LogP contribution in [0.2, 0.25) is 0 Å². The third-order valence-electron chi connectivity index (χ3n) is 5.50. The van der Waals surface area contributed by atoms with Crippen LogP contribution in [0.15, 0.2) is 84.9 Å². The molecule has 0 aliphatic carbocycles. The molecule has 0 saturated carbocycles. The number of rotatable bonds is 4. The Morgan fingerprint density at radius 3 is 1.47 bits per heavy atom. The molecule has 2 atom stereocenters. The van der Waals surface area contributed by atoms with Gasteiger partial charge in [-0.2, -0.15) is 0 Å². The van der Waals surface area contributed by atoms with E-state index in [1.54, 1.807) is 33.7 Å². The molecule has 1 aliphatic rings. The molecule has 1 aliphatic heterocycles. The standard InChI is InChI=1S/C26H20O4S2/c27-25(21-13-5-9-17-7-1-3-11-19(17)21)29-23-15-31-32-16-24(23)30-26(28)22-14-6-10-18-8-2-4-12-20(18)22/h1-14,23-24H,15-16H2/t23-,24-/m0/s1. The number of carbonyl (C=O) groups excluding carboxylic acids is 2. The topological polar surface area (TPSA) is 52.6 Å². The minimum Gasteiger partial charge on any atom is -0.454 e. The van der Waals surface area contributed by atoms with E-state index >= 15 is 0 Å². The SMILES string of the molecule is O=C(O[C@H]1CSSC[C@@H]1OC(=O)c1cccc2ccccc12)c1cccc2ccccc12. The van der Waals surface area contributed by atoms with Crippen molar-refractivity contribution in [1.29, 1.82) is 0 Å². The number of benzene rings is 4. The lowest BCUT2D eigenvalue weighted by Gasteiger charge is -2.30. The van der Waals surface area contributed by atoms with Gasteiger partial charge in [0, 0.05) is 11.5 Å². The minimum absolute atomic E-state index is 0.398. The Hall–Kier alpha value is -2.96. The van der Waals surface area contributed by atoms with Gasteiger partial charge in [0.1, 0.15) is 12.2 Å². The van der Waals surface area contributed by atoms with Crippen LogP contribution in [-0.4, -0.2) is 35.7 Å². The van der Waals surface area contributed by atoms with Crippen LogP contribution in [0.4, 0.5) is 0 Å². The van der Waals surface area contributed by atoms with E-state index in [-0.39, 0.29) is 0 Å². The van der Waals surface area contributed by atoms with Gasteiger partial charge in [-0.3, -0.25) is 0 Å². The quantitative estimate of drug-likeness (QED) is 0.269. The zero-order valence-corrected chi connectivity index (χ0v) is 18.7. The van der Waals surface area contributed by atoms with E-state index < -0.39 is 24.1 Å². The predicted octanol–water partition coefficient (Wildman–Crippen LogP) is 6.14. The van der Waals surface area contributed by atoms with Crippen LogP contribution in [0.3, 0.4) is 0 Å². The maximum Gasteiger partial charge on any atom is 0.339 e. The highest BCUT2D eigenvalue weighted by Crippen LogP contribution is 2.34. The summed E-state index contributed by atoms with van der Waals surface area (Å²) in [6.07, 6.45) is -1.02. The zero-order chi connectivity index (χ0) is 21.9. The molecule has 160 valence electrons. The lowest BCUT2D eigenvalue weighted by atomic mass is 10.0. The van der Waals surface area contributed by atoms with Crippen LogP contribution < -0.4 is 0 Å². The van der Waals surface area contributed by atoms with Crippen molar-refractivity contribution in [3.8, 4) is 0 Å². The first-order valence-electron chi connectivity index (χ1n) is 10.3. The van der Waals surface area contributed by atoms with E-state index in [9.17, 15) is 9.59 Å². The Morgan fingerprint density at radius 1 is 0.594 bits per heavy atom. The number of esters is 2. The molecular formula is C26H20O4S2. The number of hydrogen-bond acceptors (Lipinski definition) is 6. The summed E-state index contributed by atoms with van der Waals surface area (Å²) < 4.78 is 11.7. The van der Waals surface area contributed by atoms with Crippen LogP contribution in [0.25, 0.3) is 21.5 Å². The molecule has 0 amide bonds. The van der Waals surface area contributed by atoms with E-state index in [4.69, 9.17) is 9.47 Å². The van der Waals surface area contributed by atoms with E-state index in [0.29, 0.717) is 22.6 Å². The second-order valence-electron chi connectivity index (χ2n) is 7.51. The maximum absolute atomic E-state index is 13.0. The lowest BCUT2D eigenvalue weighted by Crippen LogP contribution is -2.40. The molecule has 0 radical (unpaired) electrons. The average molecular weight is 461 g/mol. The number of ether oxygens (including phenoxy) is 2. The van der Waals surface area contributed by atoms with Gasteiger partial charge >= 0.3 is 11.9 Å². The monoisotopic (exact) mass is 460 g/mol. The number of hydrogen-bond donors (Lipinski definition) is 0. The van der Waals surface area contributed by atoms with Crippen molar-refractivity contribution in [2.45, 2.75) is 12.2 Å². The second-order valence-corrected chi connectivity index (χ2v) is 10.1. The van der Waals surface area contributed by atoms with Gasteiger partial charge in [-0.1, -0.05) is 94.4 Å². The van der Waals surface area contributed by atoms with E-state index in [0.717, 1.165) is 21.5 Å². The Kier molecular flexibility index (Phi) is 6.06. The Labute approximate surface area is 193 Å². The zero-order valence-electron chi connectivity index (χ0n) is 17.1. The highest BCUT2D eigenvalue weighted by atomic mass is 33.1. The normalized spacial score (nSPS) is 18.4. The summed E-state index contributed by atoms with van der Waals surface area (Å²) in [5.74, 6) is 0.333. The molecule has 32 heavy (non-hydrogen) atoms. The summed E-state index contributed by atoms with van der Waals surface area (Å²) >= 11 is 0. The summed E-state index contributed by atoms with van der Waals surface area (Å²) in [6, 6.07) is 26.6. The van der Waals surface area contributed by atoms with Gasteiger partial charge in [-0.15, -0.1) is 0 Å². The van der Waals surface area contributed by atoms with Crippen LogP contribution in [-0.2, 0) is 9.47 Å². The fourth-order valence-electron chi connectivity index (χ4n) is 3.87. The van der Waals surface area contributed by atoms with Crippen LogP contribution in [0.5, 0.6) is 0 Å². The summed E-state index contributed by atoms with van der Waals surface area (Å²) in [5, 5.41) is 3.66. The summed E-state index contributed by atoms with van der Waals surface area (Å²) in [5.41, 5.74) is 1.04. The van der Waals surface area contributed by atoms with Gasteiger partial charge in [-0.05, 0) is 33.7 Å². The molecule has 0 unspecified atom stereocenters. The molecule has 1 saturated heterocycles. The maximum atomic E-state index is 13.0. The van der Waals surface area contributed by atoms with Crippen molar-refractivity contribution in [1.82, 2.24) is 0 Å². The Balaban J connectivity index is 1.36. The van der Waals surface area contributed by atoms with Crippen LogP contribution in [0, 0.1) is 0 Å². The van der Waals surface area contributed by atoms with Gasteiger partial charge in [0.15, 0.2) is 0 Å². The Bertz CT molecular complexity index is 1190. The van der Waals surface area contributed by atoms with Crippen molar-refractivity contribution in [3.63, 3.8) is 0 Å². The molecule has 4 nitrogen and oxygen atoms in total. The smallest absolute Gasteiger partial charge is 0.339 e. The largest absolute Gasteiger partial charge is 0.454 e. The molecule has 0 bridgehead atoms. The van der Waals surface area contributed by atoms with Crippen molar-refractivity contribution < 1.29 is 19.1 Å². The van der Waals surface area contributed by atoms with Crippen molar-refractivity contribution in [2.24, 2.45) is 0 Å². The van der Waals surface area contributed by atoms with E-state index in [2.05, 4.69) is 0 Å². The number of carbonyl (C=O) groups is 2. The van der Waals surface area contributed by atoms with E-state index in [1.807, 2.05) is 72.8 Å². The highest BCUT2D eigenvalue weighted by Gasteiger charge is 2.33. The molecule has 0 aromatic heterocycles. The first-order chi connectivity index (χ1) is 15.7. The fourth-order valence-corrected chi connectivity index (χ4v) is 6.28. The molecule has 1 fully saturated rings. The van der Waals surface area contributed by atoms with Crippen molar-refractivity contribution >= 4 is 55.1 Å². The van der Waals surface area contributed by atoms with Gasteiger partial charge in [-0.25, -0.2) is 9.59 Å². The molecule has 0 spiro atoms. The highest BCUT2D eigenvalue weighted by molar-refractivity contribution is 8.76. The molecule has 4 aromatic rings. The molecule has 1 heterocycles. The van der Waals surface area contributed by atoms with Gasteiger partial charge in [0.25, 0.3) is 0 Å². The molecule has 5 rings (SSSR count). The molecular weight excluding hydrogens is 440 g/mol. The van der Waals surface area contributed by atoms with Gasteiger partial charge in [0.2, 0.25) is 0 Å². The van der Waals surface area contributed by atoms with Crippen molar-refractivity contribution in [2.75, 3.05) is 11.5 Å². The third kappa shape index (κ3) is 4.20. The second kappa shape index (κ2) is 9.27. The molecule has 6 heteroatoms. The van der Waals surface area contributed by atoms with Gasteiger partial charge in [0.05, 0.1) is 11.1 Å². The van der Waals surface area contributed by atoms with Gasteiger partial charge < -0.3 is 9.47 Å². The summed E-state index contributed by atoms with van der Waals surface area (Å²) in [6.45, 7) is 0. The molecule has 0 N–H and O–H groups in total. The predicted molar refractivity (Wildman–Crippen MR) is 131 cm³/mol. The first kappa shape index (κ1) is 20.9. The number of fused-ring (bicyclic) bond motifs is 2.